The molecule has 0 radical (unpaired) electrons. The molecule has 0 saturated carbocycles. The quantitative estimate of drug-likeness (QED) is 0.653. The number of nitrogens with one attached hydrogen (secondary N) is 1. The predicted octanol–water partition coefficient (Wildman–Crippen LogP) is 3.03. The highest BCUT2D eigenvalue weighted by Crippen LogP contribution is 2.27. The zero-order chi connectivity index (χ0) is 14.7. The molecule has 3 N–H and O–H groups in total. The second-order valence-corrected chi connectivity index (χ2v) is 5.39. The van der Waals surface area contributed by atoms with E-state index in [2.05, 4.69) is 29.2 Å². The van der Waals surface area contributed by atoms with Gasteiger partial charge >= 0.3 is 0 Å². The zero-order valence-electron chi connectivity index (χ0n) is 12.0. The average Bonchev–Trinajstić information content (AvgIpc) is 2.96. The number of rotatable bonds is 5. The third-order valence-corrected chi connectivity index (χ3v) is 3.86. The van der Waals surface area contributed by atoms with Gasteiger partial charge in [0.05, 0.1) is 5.84 Å². The van der Waals surface area contributed by atoms with Gasteiger partial charge in [0.25, 0.3) is 0 Å². The number of amidine groups is 1. The van der Waals surface area contributed by atoms with Crippen LogP contribution in [-0.4, -0.2) is 17.4 Å². The Morgan fingerprint density at radius 2 is 1.95 bits per heavy atom. The van der Waals surface area contributed by atoms with E-state index < -0.39 is 0 Å². The van der Waals surface area contributed by atoms with Gasteiger partial charge in [-0.2, -0.15) is 0 Å². The molecular formula is C17H20N4. The van der Waals surface area contributed by atoms with Crippen LogP contribution >= 0.6 is 0 Å². The lowest BCUT2D eigenvalue weighted by molar-refractivity contribution is 0.889. The third-order valence-electron chi connectivity index (χ3n) is 3.86. The number of benzene rings is 1. The van der Waals surface area contributed by atoms with Crippen LogP contribution in [0.15, 0.2) is 42.5 Å². The van der Waals surface area contributed by atoms with Crippen molar-refractivity contribution in [3.63, 3.8) is 0 Å². The topological polar surface area (TPSA) is 66.0 Å². The summed E-state index contributed by atoms with van der Waals surface area (Å²) in [6.07, 6.45) is 3.94. The molecule has 1 aromatic heterocycles. The van der Waals surface area contributed by atoms with Crippen LogP contribution in [0.25, 0.3) is 0 Å². The Bertz CT molecular complexity index is 636. The van der Waals surface area contributed by atoms with Crippen LogP contribution in [0.4, 0.5) is 11.5 Å². The molecule has 4 heteroatoms. The lowest BCUT2D eigenvalue weighted by Gasteiger charge is -2.24. The first kappa shape index (κ1) is 13.6. The fourth-order valence-corrected chi connectivity index (χ4v) is 2.78. The van der Waals surface area contributed by atoms with E-state index in [1.165, 1.54) is 17.7 Å². The maximum absolute atomic E-state index is 7.47. The highest BCUT2D eigenvalue weighted by molar-refractivity contribution is 5.78. The van der Waals surface area contributed by atoms with Crippen molar-refractivity contribution in [3.8, 4) is 0 Å². The monoisotopic (exact) mass is 280 g/mol. The molecule has 21 heavy (non-hydrogen) atoms. The number of hydrogen-bond acceptors (Lipinski definition) is 3. The molecule has 2 aromatic rings. The Morgan fingerprint density at radius 3 is 2.71 bits per heavy atom. The van der Waals surface area contributed by atoms with Gasteiger partial charge in [0.15, 0.2) is 0 Å². The van der Waals surface area contributed by atoms with Crippen molar-refractivity contribution < 1.29 is 0 Å². The van der Waals surface area contributed by atoms with E-state index in [9.17, 15) is 0 Å². The number of nitrogens with zero attached hydrogens (tertiary/aromatic N) is 2. The number of fused-ring (bicyclic) bond motifs is 1. The zero-order valence-corrected chi connectivity index (χ0v) is 12.0. The number of aryl methyl sites for hydroxylation is 2. The van der Waals surface area contributed by atoms with Gasteiger partial charge in [0.1, 0.15) is 5.82 Å². The van der Waals surface area contributed by atoms with Gasteiger partial charge in [-0.15, -0.1) is 0 Å². The van der Waals surface area contributed by atoms with Crippen LogP contribution in [-0.2, 0) is 12.8 Å². The Balaban J connectivity index is 1.92. The van der Waals surface area contributed by atoms with E-state index in [-0.39, 0.29) is 5.84 Å². The highest BCUT2D eigenvalue weighted by Gasteiger charge is 2.16. The first-order chi connectivity index (χ1) is 10.2. The first-order valence-electron chi connectivity index (χ1n) is 7.38. The van der Waals surface area contributed by atoms with E-state index in [0.717, 1.165) is 24.3 Å². The summed E-state index contributed by atoms with van der Waals surface area (Å²) >= 11 is 0. The lowest BCUT2D eigenvalue weighted by atomic mass is 10.2. The van der Waals surface area contributed by atoms with E-state index in [4.69, 9.17) is 16.1 Å². The summed E-state index contributed by atoms with van der Waals surface area (Å²) in [4.78, 5) is 6.96. The molecule has 0 fully saturated rings. The van der Waals surface area contributed by atoms with Gasteiger partial charge in [0, 0.05) is 24.3 Å². The van der Waals surface area contributed by atoms with Gasteiger partial charge in [-0.25, -0.2) is 4.98 Å². The minimum absolute atomic E-state index is 0.206. The SMILES string of the molecule is N=C(N)CCN(c1ccccc1)c1ccc2c(n1)CCC2. The fraction of sp³-hybridized carbons (Fsp3) is 0.294. The highest BCUT2D eigenvalue weighted by atomic mass is 15.2. The Labute approximate surface area is 125 Å². The number of anilines is 2. The van der Waals surface area contributed by atoms with Gasteiger partial charge < -0.3 is 10.6 Å². The van der Waals surface area contributed by atoms with Gasteiger partial charge in [-0.3, -0.25) is 5.41 Å². The lowest BCUT2D eigenvalue weighted by Crippen LogP contribution is -2.24. The van der Waals surface area contributed by atoms with E-state index in [0.29, 0.717) is 13.0 Å². The molecule has 1 heterocycles. The summed E-state index contributed by atoms with van der Waals surface area (Å²) < 4.78 is 0. The molecule has 0 unspecified atom stereocenters. The molecule has 0 spiro atoms. The van der Waals surface area contributed by atoms with E-state index in [1.54, 1.807) is 0 Å². The van der Waals surface area contributed by atoms with E-state index in [1.807, 2.05) is 18.2 Å². The molecule has 4 nitrogen and oxygen atoms in total. The second-order valence-electron chi connectivity index (χ2n) is 5.39. The van der Waals surface area contributed by atoms with Crippen LogP contribution in [0.5, 0.6) is 0 Å². The molecule has 1 aliphatic rings. The summed E-state index contributed by atoms with van der Waals surface area (Å²) in [5.41, 5.74) is 9.20. The molecular weight excluding hydrogens is 260 g/mol. The smallest absolute Gasteiger partial charge is 0.133 e. The van der Waals surface area contributed by atoms with Crippen LogP contribution in [0.1, 0.15) is 24.1 Å². The molecule has 0 atom stereocenters. The maximum Gasteiger partial charge on any atom is 0.133 e. The number of aromatic nitrogens is 1. The third kappa shape index (κ3) is 3.05. The molecule has 108 valence electrons. The van der Waals surface area contributed by atoms with Crippen molar-refractivity contribution in [1.29, 1.82) is 5.41 Å². The summed E-state index contributed by atoms with van der Waals surface area (Å²) in [6, 6.07) is 14.4. The van der Waals surface area contributed by atoms with Crippen molar-refractivity contribution in [1.82, 2.24) is 4.98 Å². The van der Waals surface area contributed by atoms with Crippen molar-refractivity contribution >= 4 is 17.3 Å². The molecule has 3 rings (SSSR count). The number of hydrogen-bond donors (Lipinski definition) is 2. The summed E-state index contributed by atoms with van der Waals surface area (Å²) in [5, 5.41) is 7.47. The van der Waals surface area contributed by atoms with E-state index >= 15 is 0 Å². The first-order valence-corrected chi connectivity index (χ1v) is 7.38. The Hall–Kier alpha value is -2.36. The predicted molar refractivity (Wildman–Crippen MR) is 86.2 cm³/mol. The molecule has 0 saturated heterocycles. The standard InChI is InChI=1S/C17H20N4/c18-16(19)11-12-21(14-6-2-1-3-7-14)17-10-9-13-5-4-8-15(13)20-17/h1-3,6-7,9-10H,4-5,8,11-12H2,(H3,18,19). The summed E-state index contributed by atoms with van der Waals surface area (Å²) in [7, 11) is 0. The van der Waals surface area contributed by atoms with Crippen molar-refractivity contribution in [2.24, 2.45) is 5.73 Å². The van der Waals surface area contributed by atoms with Crippen molar-refractivity contribution in [2.75, 3.05) is 11.4 Å². The van der Waals surface area contributed by atoms with Crippen molar-refractivity contribution in [2.45, 2.75) is 25.7 Å². The normalized spacial score (nSPS) is 13.0. The summed E-state index contributed by atoms with van der Waals surface area (Å²) in [5.74, 6) is 1.15. The fourth-order valence-electron chi connectivity index (χ4n) is 2.78. The number of pyridine rings is 1. The van der Waals surface area contributed by atoms with Crippen LogP contribution in [0.2, 0.25) is 0 Å². The van der Waals surface area contributed by atoms with Gasteiger partial charge in [0.2, 0.25) is 0 Å². The number of para-hydroxylation sites is 1. The maximum atomic E-state index is 7.47. The van der Waals surface area contributed by atoms with Crippen LogP contribution < -0.4 is 10.6 Å². The minimum atomic E-state index is 0.206. The van der Waals surface area contributed by atoms with Gasteiger partial charge in [-0.1, -0.05) is 24.3 Å². The van der Waals surface area contributed by atoms with Crippen LogP contribution in [0.3, 0.4) is 0 Å². The average molecular weight is 280 g/mol. The van der Waals surface area contributed by atoms with Crippen molar-refractivity contribution in [3.05, 3.63) is 53.7 Å². The molecule has 1 aromatic carbocycles. The molecule has 1 aliphatic carbocycles. The Kier molecular flexibility index (Phi) is 3.86. The summed E-state index contributed by atoms with van der Waals surface area (Å²) in [6.45, 7) is 0.672. The minimum Gasteiger partial charge on any atom is -0.388 e. The van der Waals surface area contributed by atoms with Gasteiger partial charge in [-0.05, 0) is 43.0 Å². The molecule has 0 amide bonds. The largest absolute Gasteiger partial charge is 0.388 e. The van der Waals surface area contributed by atoms with Crippen LogP contribution in [0, 0.1) is 5.41 Å². The number of nitrogens with two attached hydrogens (primary N) is 1. The molecule has 0 aliphatic heterocycles. The Morgan fingerprint density at radius 1 is 1.14 bits per heavy atom. The molecule has 0 bridgehead atoms. The second kappa shape index (κ2) is 5.95.